The lowest BCUT2D eigenvalue weighted by Crippen LogP contribution is -2.39. The van der Waals surface area contributed by atoms with Crippen LogP contribution >= 0.6 is 11.3 Å². The van der Waals surface area contributed by atoms with Crippen LogP contribution in [0.2, 0.25) is 0 Å². The smallest absolute Gasteiger partial charge is 0.225 e. The lowest BCUT2D eigenvalue weighted by molar-refractivity contribution is -0.120. The standard InChI is InChI=1S/C17H21FN2O3S2/c1-25(22,23)20(10-8-14-5-2-3-7-16(14)18)11-9-19-17(21)13-15-6-4-12-24-15/h2-7,12H,8-11,13H2,1H3,(H,19,21). The van der Waals surface area contributed by atoms with Gasteiger partial charge in [-0.2, -0.15) is 0 Å². The van der Waals surface area contributed by atoms with Gasteiger partial charge in [-0.1, -0.05) is 24.3 Å². The van der Waals surface area contributed by atoms with Gasteiger partial charge in [-0.15, -0.1) is 11.3 Å². The van der Waals surface area contributed by atoms with E-state index in [2.05, 4.69) is 5.32 Å². The molecule has 136 valence electrons. The van der Waals surface area contributed by atoms with Crippen molar-refractivity contribution in [3.8, 4) is 0 Å². The van der Waals surface area contributed by atoms with Crippen LogP contribution in [0, 0.1) is 5.82 Å². The first-order valence-corrected chi connectivity index (χ1v) is 10.6. The number of nitrogens with zero attached hydrogens (tertiary/aromatic N) is 1. The quantitative estimate of drug-likeness (QED) is 0.720. The molecule has 0 aliphatic heterocycles. The molecule has 0 radical (unpaired) electrons. The highest BCUT2D eigenvalue weighted by Crippen LogP contribution is 2.10. The first-order chi connectivity index (χ1) is 11.9. The molecule has 0 unspecified atom stereocenters. The molecule has 0 fully saturated rings. The molecule has 0 saturated carbocycles. The summed E-state index contributed by atoms with van der Waals surface area (Å²) in [6, 6.07) is 10.1. The van der Waals surface area contributed by atoms with Crippen molar-refractivity contribution >= 4 is 27.3 Å². The van der Waals surface area contributed by atoms with Gasteiger partial charge in [-0.25, -0.2) is 17.1 Å². The average molecular weight is 384 g/mol. The van der Waals surface area contributed by atoms with Gasteiger partial charge in [0, 0.05) is 24.5 Å². The van der Waals surface area contributed by atoms with E-state index in [-0.39, 0.29) is 44.2 Å². The van der Waals surface area contributed by atoms with Crippen LogP contribution in [0.3, 0.4) is 0 Å². The zero-order chi connectivity index (χ0) is 18.3. The van der Waals surface area contributed by atoms with Gasteiger partial charge in [0.15, 0.2) is 0 Å². The second-order valence-electron chi connectivity index (χ2n) is 5.61. The molecular formula is C17H21FN2O3S2. The van der Waals surface area contributed by atoms with Gasteiger partial charge in [-0.05, 0) is 29.5 Å². The van der Waals surface area contributed by atoms with Crippen LogP contribution in [-0.4, -0.2) is 44.5 Å². The topological polar surface area (TPSA) is 66.5 Å². The molecular weight excluding hydrogens is 363 g/mol. The third kappa shape index (κ3) is 6.56. The molecule has 0 saturated heterocycles. The second-order valence-corrected chi connectivity index (χ2v) is 8.62. The van der Waals surface area contributed by atoms with E-state index < -0.39 is 10.0 Å². The maximum absolute atomic E-state index is 13.7. The highest BCUT2D eigenvalue weighted by Gasteiger charge is 2.17. The van der Waals surface area contributed by atoms with Gasteiger partial charge in [0.2, 0.25) is 15.9 Å². The van der Waals surface area contributed by atoms with Crippen molar-refractivity contribution in [3.63, 3.8) is 0 Å². The SMILES string of the molecule is CS(=O)(=O)N(CCNC(=O)Cc1cccs1)CCc1ccccc1F. The third-order valence-electron chi connectivity index (χ3n) is 3.66. The molecule has 0 aliphatic carbocycles. The van der Waals surface area contributed by atoms with E-state index in [4.69, 9.17) is 0 Å². The maximum atomic E-state index is 13.7. The van der Waals surface area contributed by atoms with E-state index in [9.17, 15) is 17.6 Å². The van der Waals surface area contributed by atoms with E-state index in [1.807, 2.05) is 17.5 Å². The average Bonchev–Trinajstić information content (AvgIpc) is 3.03. The van der Waals surface area contributed by atoms with E-state index in [1.54, 1.807) is 18.2 Å². The molecule has 0 bridgehead atoms. The fourth-order valence-corrected chi connectivity index (χ4v) is 3.89. The number of carbonyl (C=O) groups is 1. The Morgan fingerprint density at radius 3 is 2.60 bits per heavy atom. The molecule has 2 rings (SSSR count). The highest BCUT2D eigenvalue weighted by molar-refractivity contribution is 7.88. The Hall–Kier alpha value is -1.77. The van der Waals surface area contributed by atoms with Crippen LogP contribution < -0.4 is 5.32 Å². The summed E-state index contributed by atoms with van der Waals surface area (Å²) in [4.78, 5) is 12.8. The number of sulfonamides is 1. The molecule has 1 N–H and O–H groups in total. The molecule has 2 aromatic rings. The summed E-state index contributed by atoms with van der Waals surface area (Å²) in [5, 5.41) is 4.62. The molecule has 5 nitrogen and oxygen atoms in total. The largest absolute Gasteiger partial charge is 0.354 e. The minimum absolute atomic E-state index is 0.148. The zero-order valence-electron chi connectivity index (χ0n) is 13.9. The molecule has 1 aromatic carbocycles. The number of hydrogen-bond donors (Lipinski definition) is 1. The Morgan fingerprint density at radius 2 is 1.96 bits per heavy atom. The van der Waals surface area contributed by atoms with Crippen molar-refractivity contribution < 1.29 is 17.6 Å². The second kappa shape index (κ2) is 9.07. The van der Waals surface area contributed by atoms with Crippen LogP contribution in [0.5, 0.6) is 0 Å². The van der Waals surface area contributed by atoms with Crippen LogP contribution in [-0.2, 0) is 27.7 Å². The molecule has 1 aromatic heterocycles. The van der Waals surface area contributed by atoms with Gasteiger partial charge < -0.3 is 5.32 Å². The molecule has 0 aliphatic rings. The van der Waals surface area contributed by atoms with Crippen LogP contribution in [0.25, 0.3) is 0 Å². The van der Waals surface area contributed by atoms with Crippen molar-refractivity contribution in [2.24, 2.45) is 0 Å². The number of rotatable bonds is 9. The van der Waals surface area contributed by atoms with Gasteiger partial charge in [0.1, 0.15) is 5.82 Å². The number of hydrogen-bond acceptors (Lipinski definition) is 4. The number of halogens is 1. The van der Waals surface area contributed by atoms with Gasteiger partial charge in [0.05, 0.1) is 12.7 Å². The molecule has 0 atom stereocenters. The van der Waals surface area contributed by atoms with Gasteiger partial charge in [-0.3, -0.25) is 4.79 Å². The fraction of sp³-hybridized carbons (Fsp3) is 0.353. The number of benzene rings is 1. The van der Waals surface area contributed by atoms with Gasteiger partial charge in [0.25, 0.3) is 0 Å². The highest BCUT2D eigenvalue weighted by atomic mass is 32.2. The van der Waals surface area contributed by atoms with Gasteiger partial charge >= 0.3 is 0 Å². The molecule has 1 amide bonds. The van der Waals surface area contributed by atoms with E-state index in [0.29, 0.717) is 5.56 Å². The minimum atomic E-state index is -3.43. The molecule has 0 spiro atoms. The van der Waals surface area contributed by atoms with E-state index in [1.165, 1.54) is 21.7 Å². The monoisotopic (exact) mass is 384 g/mol. The lowest BCUT2D eigenvalue weighted by atomic mass is 10.1. The van der Waals surface area contributed by atoms with Crippen molar-refractivity contribution in [1.82, 2.24) is 9.62 Å². The predicted molar refractivity (Wildman–Crippen MR) is 97.6 cm³/mol. The van der Waals surface area contributed by atoms with E-state index >= 15 is 0 Å². The molecule has 1 heterocycles. The number of carbonyl (C=O) groups excluding carboxylic acids is 1. The molecule has 8 heteroatoms. The number of nitrogens with one attached hydrogen (secondary N) is 1. The predicted octanol–water partition coefficient (Wildman–Crippen LogP) is 2.05. The van der Waals surface area contributed by atoms with Crippen molar-refractivity contribution in [1.29, 1.82) is 0 Å². The Kier molecular flexibility index (Phi) is 7.10. The van der Waals surface area contributed by atoms with Crippen molar-refractivity contribution in [2.75, 3.05) is 25.9 Å². The summed E-state index contributed by atoms with van der Waals surface area (Å²) >= 11 is 1.50. The Bertz CT molecular complexity index is 792. The zero-order valence-corrected chi connectivity index (χ0v) is 15.6. The number of amides is 1. The Morgan fingerprint density at radius 1 is 1.20 bits per heavy atom. The Labute approximate surface area is 151 Å². The summed E-state index contributed by atoms with van der Waals surface area (Å²) < 4.78 is 38.7. The first kappa shape index (κ1) is 19.6. The summed E-state index contributed by atoms with van der Waals surface area (Å²) in [5.41, 5.74) is 0.470. The van der Waals surface area contributed by atoms with Crippen LogP contribution in [0.1, 0.15) is 10.4 Å². The molecule has 25 heavy (non-hydrogen) atoms. The number of thiophene rings is 1. The minimum Gasteiger partial charge on any atom is -0.354 e. The Balaban J connectivity index is 1.84. The summed E-state index contributed by atoms with van der Waals surface area (Å²) in [5.74, 6) is -0.495. The van der Waals surface area contributed by atoms with Crippen molar-refractivity contribution in [2.45, 2.75) is 12.8 Å². The summed E-state index contributed by atoms with van der Waals surface area (Å²) in [6.07, 6.45) is 1.68. The van der Waals surface area contributed by atoms with Crippen LogP contribution in [0.15, 0.2) is 41.8 Å². The fourth-order valence-electron chi connectivity index (χ4n) is 2.34. The third-order valence-corrected chi connectivity index (χ3v) is 5.84. The normalized spacial score (nSPS) is 11.6. The first-order valence-electron chi connectivity index (χ1n) is 7.84. The van der Waals surface area contributed by atoms with Crippen LogP contribution in [0.4, 0.5) is 4.39 Å². The van der Waals surface area contributed by atoms with Crippen molar-refractivity contribution in [3.05, 3.63) is 58.0 Å². The lowest BCUT2D eigenvalue weighted by Gasteiger charge is -2.20. The summed E-state index contributed by atoms with van der Waals surface area (Å²) in [6.45, 7) is 0.540. The maximum Gasteiger partial charge on any atom is 0.225 e. The van der Waals surface area contributed by atoms with E-state index in [0.717, 1.165) is 11.1 Å². The summed E-state index contributed by atoms with van der Waals surface area (Å²) in [7, 11) is -3.43.